The largest absolute Gasteiger partial charge is 0.382 e. The molecule has 3 aromatic rings. The first-order valence-corrected chi connectivity index (χ1v) is 9.01. The smallest absolute Gasteiger partial charge is 0.160 e. The summed E-state index contributed by atoms with van der Waals surface area (Å²) in [5, 5.41) is 12.3. The van der Waals surface area contributed by atoms with Crippen molar-refractivity contribution in [1.29, 1.82) is 0 Å². The fraction of sp³-hybridized carbons (Fsp3) is 0.450. The second kappa shape index (κ2) is 7.41. The van der Waals surface area contributed by atoms with Crippen LogP contribution < -0.4 is 5.32 Å². The highest BCUT2D eigenvalue weighted by Crippen LogP contribution is 2.29. The molecular weight excluding hydrogens is 326 g/mol. The Balaban J connectivity index is 2.07. The molecule has 1 N–H and O–H groups in total. The quantitative estimate of drug-likeness (QED) is 0.711. The van der Waals surface area contributed by atoms with E-state index >= 15 is 0 Å². The summed E-state index contributed by atoms with van der Waals surface area (Å²) in [5.41, 5.74) is 7.45. The number of aryl methyl sites for hydroxylation is 4. The topological polar surface area (TPSA) is 64.9 Å². The van der Waals surface area contributed by atoms with Gasteiger partial charge in [0.25, 0.3) is 0 Å². The third-order valence-corrected chi connectivity index (χ3v) is 4.86. The molecule has 0 saturated carbocycles. The number of methoxy groups -OCH3 is 1. The molecule has 2 aromatic heterocycles. The molecule has 0 aliphatic heterocycles. The van der Waals surface area contributed by atoms with E-state index < -0.39 is 0 Å². The summed E-state index contributed by atoms with van der Waals surface area (Å²) in [4.78, 5) is 4.68. The molecule has 0 saturated heterocycles. The second-order valence-corrected chi connectivity index (χ2v) is 6.91. The number of hydrogen-bond donors (Lipinski definition) is 1. The number of anilines is 2. The first kappa shape index (κ1) is 18.3. The fourth-order valence-electron chi connectivity index (χ4n) is 3.20. The van der Waals surface area contributed by atoms with E-state index in [0.29, 0.717) is 6.61 Å². The van der Waals surface area contributed by atoms with E-state index in [1.54, 1.807) is 7.11 Å². The van der Waals surface area contributed by atoms with Crippen molar-refractivity contribution < 1.29 is 4.74 Å². The maximum absolute atomic E-state index is 5.34. The van der Waals surface area contributed by atoms with Crippen LogP contribution in [0.3, 0.4) is 0 Å². The maximum atomic E-state index is 5.34. The molecule has 6 nitrogen and oxygen atoms in total. The Bertz CT molecular complexity index is 932. The highest BCUT2D eigenvalue weighted by molar-refractivity contribution is 5.88. The molecule has 0 fully saturated rings. The minimum Gasteiger partial charge on any atom is -0.382 e. The molecule has 138 valence electrons. The zero-order chi connectivity index (χ0) is 18.8. The number of nitrogens with one attached hydrogen (secondary N) is 1. The van der Waals surface area contributed by atoms with E-state index in [1.165, 1.54) is 16.7 Å². The minimum absolute atomic E-state index is 0.156. The number of benzene rings is 1. The Labute approximate surface area is 154 Å². The lowest BCUT2D eigenvalue weighted by molar-refractivity contribution is 0.148. The predicted molar refractivity (Wildman–Crippen MR) is 105 cm³/mol. The lowest BCUT2D eigenvalue weighted by Gasteiger charge is -2.15. The van der Waals surface area contributed by atoms with Gasteiger partial charge in [0.1, 0.15) is 0 Å². The van der Waals surface area contributed by atoms with Gasteiger partial charge in [0.05, 0.1) is 18.2 Å². The summed E-state index contributed by atoms with van der Waals surface area (Å²) >= 11 is 0. The molecule has 0 aliphatic rings. The number of ether oxygens (including phenoxy) is 1. The number of pyridine rings is 1. The molecule has 0 spiro atoms. The van der Waals surface area contributed by atoms with Crippen LogP contribution in [0.4, 0.5) is 11.5 Å². The van der Waals surface area contributed by atoms with Crippen molar-refractivity contribution in [2.75, 3.05) is 19.0 Å². The van der Waals surface area contributed by atoms with E-state index in [0.717, 1.165) is 34.7 Å². The van der Waals surface area contributed by atoms with Gasteiger partial charge < -0.3 is 10.1 Å². The first-order chi connectivity index (χ1) is 12.4. The molecule has 0 amide bonds. The molecule has 6 heteroatoms. The first-order valence-electron chi connectivity index (χ1n) is 9.01. The van der Waals surface area contributed by atoms with Gasteiger partial charge in [-0.15, -0.1) is 5.10 Å². The summed E-state index contributed by atoms with van der Waals surface area (Å²) < 4.78 is 7.29. The zero-order valence-corrected chi connectivity index (χ0v) is 16.4. The zero-order valence-electron chi connectivity index (χ0n) is 16.4. The number of rotatable bonds is 6. The van der Waals surface area contributed by atoms with Gasteiger partial charge in [0.2, 0.25) is 0 Å². The molecule has 0 radical (unpaired) electrons. The number of nitrogens with zero attached hydrogens (tertiary/aromatic N) is 4. The van der Waals surface area contributed by atoms with E-state index in [1.807, 2.05) is 17.7 Å². The summed E-state index contributed by atoms with van der Waals surface area (Å²) in [5.74, 6) is 0.741. The number of aromatic nitrogens is 4. The molecular formula is C20H27N5O. The van der Waals surface area contributed by atoms with Crippen LogP contribution in [-0.2, 0) is 4.74 Å². The molecule has 2 heterocycles. The third kappa shape index (κ3) is 3.42. The monoisotopic (exact) mass is 353 g/mol. The van der Waals surface area contributed by atoms with Crippen molar-refractivity contribution >= 4 is 22.5 Å². The SMILES string of the molecule is CCC(COC)n1nnc2c(Nc3cc(C)c(C)cc3C)nc(C)cc21. The summed E-state index contributed by atoms with van der Waals surface area (Å²) in [7, 11) is 1.71. The second-order valence-electron chi connectivity index (χ2n) is 6.91. The average molecular weight is 353 g/mol. The lowest BCUT2D eigenvalue weighted by atomic mass is 10.0. The van der Waals surface area contributed by atoms with Crippen molar-refractivity contribution in [2.45, 2.75) is 47.1 Å². The standard InChI is InChI=1S/C20H27N5O/c1-7-16(11-26-6)25-18-10-15(5)21-20(19(18)23-24-25)22-17-9-13(3)12(2)8-14(17)4/h8-10,16H,7,11H2,1-6H3,(H,21,22). The molecule has 1 aromatic carbocycles. The van der Waals surface area contributed by atoms with Crippen LogP contribution in [0.5, 0.6) is 0 Å². The van der Waals surface area contributed by atoms with Crippen LogP contribution in [0, 0.1) is 27.7 Å². The summed E-state index contributed by atoms with van der Waals surface area (Å²) in [6, 6.07) is 6.53. The highest BCUT2D eigenvalue weighted by atomic mass is 16.5. The van der Waals surface area contributed by atoms with Crippen LogP contribution in [-0.4, -0.2) is 33.7 Å². The van der Waals surface area contributed by atoms with Gasteiger partial charge in [-0.2, -0.15) is 0 Å². The van der Waals surface area contributed by atoms with E-state index in [2.05, 4.69) is 60.4 Å². The number of fused-ring (bicyclic) bond motifs is 1. The van der Waals surface area contributed by atoms with Crippen molar-refractivity contribution in [1.82, 2.24) is 20.0 Å². The van der Waals surface area contributed by atoms with E-state index in [-0.39, 0.29) is 6.04 Å². The Morgan fingerprint density at radius 1 is 1.08 bits per heavy atom. The van der Waals surface area contributed by atoms with Crippen LogP contribution >= 0.6 is 0 Å². The molecule has 3 rings (SSSR count). The van der Waals surface area contributed by atoms with Crippen molar-refractivity contribution in [3.05, 3.63) is 40.6 Å². The van der Waals surface area contributed by atoms with Crippen LogP contribution in [0.15, 0.2) is 18.2 Å². The van der Waals surface area contributed by atoms with E-state index in [4.69, 9.17) is 4.74 Å². The van der Waals surface area contributed by atoms with Gasteiger partial charge in [0, 0.05) is 18.5 Å². The Hall–Kier alpha value is -2.47. The third-order valence-electron chi connectivity index (χ3n) is 4.86. The predicted octanol–water partition coefficient (Wildman–Crippen LogP) is 4.40. The van der Waals surface area contributed by atoms with Gasteiger partial charge in [-0.05, 0) is 62.9 Å². The minimum atomic E-state index is 0.156. The fourth-order valence-corrected chi connectivity index (χ4v) is 3.20. The lowest BCUT2D eigenvalue weighted by Crippen LogP contribution is -2.15. The molecule has 1 atom stereocenters. The van der Waals surface area contributed by atoms with Crippen molar-refractivity contribution in [2.24, 2.45) is 0 Å². The van der Waals surface area contributed by atoms with Crippen molar-refractivity contribution in [3.8, 4) is 0 Å². The van der Waals surface area contributed by atoms with E-state index in [9.17, 15) is 0 Å². The van der Waals surface area contributed by atoms with Gasteiger partial charge in [-0.25, -0.2) is 9.67 Å². The van der Waals surface area contributed by atoms with Crippen LogP contribution in [0.1, 0.15) is 41.8 Å². The van der Waals surface area contributed by atoms with Gasteiger partial charge in [-0.1, -0.05) is 18.2 Å². The van der Waals surface area contributed by atoms with Crippen LogP contribution in [0.25, 0.3) is 11.0 Å². The Morgan fingerprint density at radius 3 is 2.50 bits per heavy atom. The summed E-state index contributed by atoms with van der Waals surface area (Å²) in [6.45, 7) is 11.1. The maximum Gasteiger partial charge on any atom is 0.160 e. The van der Waals surface area contributed by atoms with Gasteiger partial charge >= 0.3 is 0 Å². The average Bonchev–Trinajstić information content (AvgIpc) is 3.01. The number of hydrogen-bond acceptors (Lipinski definition) is 5. The molecule has 26 heavy (non-hydrogen) atoms. The van der Waals surface area contributed by atoms with Gasteiger partial charge in [0.15, 0.2) is 11.3 Å². The normalized spacial score (nSPS) is 12.5. The van der Waals surface area contributed by atoms with Crippen LogP contribution in [0.2, 0.25) is 0 Å². The molecule has 0 bridgehead atoms. The van der Waals surface area contributed by atoms with Gasteiger partial charge in [-0.3, -0.25) is 0 Å². The highest BCUT2D eigenvalue weighted by Gasteiger charge is 2.18. The Morgan fingerprint density at radius 2 is 1.81 bits per heavy atom. The van der Waals surface area contributed by atoms with Crippen molar-refractivity contribution in [3.63, 3.8) is 0 Å². The summed E-state index contributed by atoms with van der Waals surface area (Å²) in [6.07, 6.45) is 0.923. The Kier molecular flexibility index (Phi) is 5.23. The molecule has 1 unspecified atom stereocenters. The molecule has 0 aliphatic carbocycles.